The van der Waals surface area contributed by atoms with Crippen molar-refractivity contribution in [1.29, 1.82) is 0 Å². The van der Waals surface area contributed by atoms with Gasteiger partial charge in [0, 0.05) is 31.1 Å². The first-order valence-electron chi connectivity index (χ1n) is 6.14. The third kappa shape index (κ3) is 3.76. The summed E-state index contributed by atoms with van der Waals surface area (Å²) in [4.78, 5) is 0.911. The van der Waals surface area contributed by atoms with Gasteiger partial charge in [-0.2, -0.15) is 4.31 Å². The largest absolute Gasteiger partial charge is 0.383 e. The van der Waals surface area contributed by atoms with Crippen LogP contribution >= 0.6 is 11.3 Å². The first-order chi connectivity index (χ1) is 8.84. The lowest BCUT2D eigenvalue weighted by Crippen LogP contribution is -2.38. The van der Waals surface area contributed by atoms with Gasteiger partial charge in [-0.15, -0.1) is 11.3 Å². The topological polar surface area (TPSA) is 72.6 Å². The maximum absolute atomic E-state index is 12.6. The highest BCUT2D eigenvalue weighted by atomic mass is 32.2. The molecule has 0 spiro atoms. The third-order valence-corrected chi connectivity index (χ3v) is 6.62. The minimum absolute atomic E-state index is 0.108. The molecule has 0 saturated carbocycles. The van der Waals surface area contributed by atoms with Gasteiger partial charge in [0.1, 0.15) is 4.21 Å². The number of methoxy groups -OCH3 is 1. The standard InChI is InChI=1S/C12H22N2O3S2/c1-9(2)14(5-6-17-4)19(15,16)12-7-10(3)11(8-13)18-12/h7,9H,5-6,8,13H2,1-4H3. The van der Waals surface area contributed by atoms with Crippen molar-refractivity contribution >= 4 is 21.4 Å². The van der Waals surface area contributed by atoms with E-state index in [4.69, 9.17) is 10.5 Å². The molecule has 0 aliphatic carbocycles. The fourth-order valence-electron chi connectivity index (χ4n) is 1.77. The molecule has 1 heterocycles. The summed E-state index contributed by atoms with van der Waals surface area (Å²) >= 11 is 1.25. The van der Waals surface area contributed by atoms with Crippen LogP contribution in [0, 0.1) is 6.92 Å². The van der Waals surface area contributed by atoms with E-state index in [9.17, 15) is 8.42 Å². The van der Waals surface area contributed by atoms with Gasteiger partial charge in [0.05, 0.1) is 6.61 Å². The average Bonchev–Trinajstić information content (AvgIpc) is 2.71. The molecule has 110 valence electrons. The van der Waals surface area contributed by atoms with E-state index >= 15 is 0 Å². The lowest BCUT2D eigenvalue weighted by Gasteiger charge is -2.24. The quantitative estimate of drug-likeness (QED) is 0.830. The monoisotopic (exact) mass is 306 g/mol. The van der Waals surface area contributed by atoms with Crippen molar-refractivity contribution in [3.63, 3.8) is 0 Å². The molecule has 1 aromatic heterocycles. The molecule has 19 heavy (non-hydrogen) atoms. The normalized spacial score (nSPS) is 12.6. The van der Waals surface area contributed by atoms with Gasteiger partial charge in [-0.05, 0) is 32.4 Å². The van der Waals surface area contributed by atoms with E-state index in [0.29, 0.717) is 23.9 Å². The molecule has 0 atom stereocenters. The minimum Gasteiger partial charge on any atom is -0.383 e. The molecule has 1 aromatic rings. The second-order valence-corrected chi connectivity index (χ2v) is 7.83. The summed E-state index contributed by atoms with van der Waals surface area (Å²) in [6.07, 6.45) is 0. The summed E-state index contributed by atoms with van der Waals surface area (Å²) in [5.41, 5.74) is 6.54. The summed E-state index contributed by atoms with van der Waals surface area (Å²) in [5.74, 6) is 0. The summed E-state index contributed by atoms with van der Waals surface area (Å²) in [6, 6.07) is 1.59. The van der Waals surface area contributed by atoms with E-state index < -0.39 is 10.0 Å². The first kappa shape index (κ1) is 16.6. The van der Waals surface area contributed by atoms with Crippen LogP contribution in [-0.4, -0.2) is 39.0 Å². The van der Waals surface area contributed by atoms with E-state index in [1.165, 1.54) is 15.6 Å². The average molecular weight is 306 g/mol. The van der Waals surface area contributed by atoms with E-state index in [0.717, 1.165) is 10.4 Å². The van der Waals surface area contributed by atoms with Gasteiger partial charge in [0.25, 0.3) is 10.0 Å². The number of aryl methyl sites for hydroxylation is 1. The van der Waals surface area contributed by atoms with E-state index in [1.807, 2.05) is 20.8 Å². The molecule has 0 bridgehead atoms. The highest BCUT2D eigenvalue weighted by Crippen LogP contribution is 2.29. The number of hydrogen-bond acceptors (Lipinski definition) is 5. The SMILES string of the molecule is COCCN(C(C)C)S(=O)(=O)c1cc(C)c(CN)s1. The summed E-state index contributed by atoms with van der Waals surface area (Å²) < 4.78 is 32.0. The Morgan fingerprint density at radius 1 is 1.47 bits per heavy atom. The number of rotatable bonds is 7. The van der Waals surface area contributed by atoms with Crippen LogP contribution in [0.25, 0.3) is 0 Å². The molecule has 0 amide bonds. The molecule has 0 aromatic carbocycles. The fourth-order valence-corrected chi connectivity index (χ4v) is 4.99. The number of hydrogen-bond donors (Lipinski definition) is 1. The smallest absolute Gasteiger partial charge is 0.252 e. The highest BCUT2D eigenvalue weighted by molar-refractivity contribution is 7.91. The van der Waals surface area contributed by atoms with Gasteiger partial charge in [0.2, 0.25) is 0 Å². The van der Waals surface area contributed by atoms with Crippen LogP contribution in [0.1, 0.15) is 24.3 Å². The maximum atomic E-state index is 12.6. The number of nitrogens with two attached hydrogens (primary N) is 1. The summed E-state index contributed by atoms with van der Waals surface area (Å²) in [5, 5.41) is 0. The maximum Gasteiger partial charge on any atom is 0.252 e. The fraction of sp³-hybridized carbons (Fsp3) is 0.667. The van der Waals surface area contributed by atoms with Crippen molar-refractivity contribution in [2.45, 2.75) is 37.6 Å². The van der Waals surface area contributed by atoms with Gasteiger partial charge < -0.3 is 10.5 Å². The van der Waals surface area contributed by atoms with Gasteiger partial charge in [-0.1, -0.05) is 0 Å². The Bertz CT molecular complexity index is 509. The molecule has 0 fully saturated rings. The van der Waals surface area contributed by atoms with Crippen LogP contribution in [0.2, 0.25) is 0 Å². The van der Waals surface area contributed by atoms with Gasteiger partial charge in [-0.25, -0.2) is 8.42 Å². The predicted octanol–water partition coefficient (Wildman–Crippen LogP) is 1.56. The van der Waals surface area contributed by atoms with E-state index in [2.05, 4.69) is 0 Å². The molecular weight excluding hydrogens is 284 g/mol. The van der Waals surface area contributed by atoms with Crippen molar-refractivity contribution in [2.24, 2.45) is 5.73 Å². The van der Waals surface area contributed by atoms with Crippen molar-refractivity contribution in [3.8, 4) is 0 Å². The summed E-state index contributed by atoms with van der Waals surface area (Å²) in [7, 11) is -1.91. The van der Waals surface area contributed by atoms with Crippen LogP contribution < -0.4 is 5.73 Å². The molecule has 0 aliphatic rings. The molecule has 2 N–H and O–H groups in total. The zero-order valence-corrected chi connectivity index (χ0v) is 13.5. The van der Waals surface area contributed by atoms with E-state index in [-0.39, 0.29) is 6.04 Å². The summed E-state index contributed by atoms with van der Waals surface area (Å²) in [6.45, 7) is 6.70. The first-order valence-corrected chi connectivity index (χ1v) is 8.40. The molecule has 0 radical (unpaired) electrons. The molecule has 5 nitrogen and oxygen atoms in total. The van der Waals surface area contributed by atoms with Gasteiger partial charge >= 0.3 is 0 Å². The second kappa shape index (κ2) is 6.81. The Labute approximate surface area is 119 Å². The molecule has 0 saturated heterocycles. The molecule has 7 heteroatoms. The number of ether oxygens (including phenoxy) is 1. The lowest BCUT2D eigenvalue weighted by atomic mass is 10.3. The highest BCUT2D eigenvalue weighted by Gasteiger charge is 2.28. The number of sulfonamides is 1. The number of thiophene rings is 1. The van der Waals surface area contributed by atoms with Crippen LogP contribution in [-0.2, 0) is 21.3 Å². The molecule has 0 aliphatic heterocycles. The van der Waals surface area contributed by atoms with Crippen LogP contribution in [0.5, 0.6) is 0 Å². The van der Waals surface area contributed by atoms with Crippen molar-refractivity contribution in [3.05, 3.63) is 16.5 Å². The number of nitrogens with zero attached hydrogens (tertiary/aromatic N) is 1. The van der Waals surface area contributed by atoms with Crippen molar-refractivity contribution in [2.75, 3.05) is 20.3 Å². The zero-order chi connectivity index (χ0) is 14.6. The van der Waals surface area contributed by atoms with Crippen LogP contribution in [0.15, 0.2) is 10.3 Å². The Morgan fingerprint density at radius 2 is 2.11 bits per heavy atom. The predicted molar refractivity (Wildman–Crippen MR) is 77.9 cm³/mol. The second-order valence-electron chi connectivity index (χ2n) is 4.58. The Morgan fingerprint density at radius 3 is 2.53 bits per heavy atom. The lowest BCUT2D eigenvalue weighted by molar-refractivity contribution is 0.171. The Balaban J connectivity index is 3.11. The van der Waals surface area contributed by atoms with Crippen LogP contribution in [0.3, 0.4) is 0 Å². The van der Waals surface area contributed by atoms with Crippen LogP contribution in [0.4, 0.5) is 0 Å². The third-order valence-electron chi connectivity index (χ3n) is 2.84. The zero-order valence-electron chi connectivity index (χ0n) is 11.8. The van der Waals surface area contributed by atoms with Crippen molar-refractivity contribution < 1.29 is 13.2 Å². The Kier molecular flexibility index (Phi) is 5.94. The van der Waals surface area contributed by atoms with E-state index in [1.54, 1.807) is 13.2 Å². The molecule has 1 rings (SSSR count). The molecular formula is C12H22N2O3S2. The Hall–Kier alpha value is -0.470. The minimum atomic E-state index is -3.47. The van der Waals surface area contributed by atoms with Gasteiger partial charge in [0.15, 0.2) is 0 Å². The molecule has 0 unspecified atom stereocenters. The van der Waals surface area contributed by atoms with Crippen molar-refractivity contribution in [1.82, 2.24) is 4.31 Å². The van der Waals surface area contributed by atoms with Gasteiger partial charge in [-0.3, -0.25) is 0 Å².